The number of benzene rings is 1. The van der Waals surface area contributed by atoms with Gasteiger partial charge in [0.05, 0.1) is 19.3 Å². The van der Waals surface area contributed by atoms with Gasteiger partial charge in [0, 0.05) is 37.4 Å². The predicted octanol–water partition coefficient (Wildman–Crippen LogP) is 0.555. The average molecular weight is 576 g/mol. The molecule has 2 aliphatic heterocycles. The number of rotatable bonds is 13. The van der Waals surface area contributed by atoms with Crippen molar-refractivity contribution in [1.82, 2.24) is 20.9 Å². The van der Waals surface area contributed by atoms with Gasteiger partial charge in [0.25, 0.3) is 5.91 Å². The number of hydrogen-bond donors (Lipinski definition) is 5. The molecule has 2 heterocycles. The number of guanidine groups is 1. The Balaban J connectivity index is 1.63. The zero-order chi connectivity index (χ0) is 29.9. The first-order chi connectivity index (χ1) is 19.6. The molecular formula is C28H42FN7O5. The second-order valence-corrected chi connectivity index (χ2v) is 10.7. The number of nitrogens with one attached hydrogen (secondary N) is 4. The number of ether oxygens (including phenoxy) is 1. The Morgan fingerprint density at radius 2 is 1.78 bits per heavy atom. The van der Waals surface area contributed by atoms with E-state index in [9.17, 15) is 23.6 Å². The molecule has 2 aliphatic rings. The minimum absolute atomic E-state index is 0.157. The molecule has 1 aromatic carbocycles. The lowest BCUT2D eigenvalue weighted by Crippen LogP contribution is -2.56. The zero-order valence-electron chi connectivity index (χ0n) is 23.8. The lowest BCUT2D eigenvalue weighted by Gasteiger charge is -2.31. The number of amides is 3. The van der Waals surface area contributed by atoms with Gasteiger partial charge in [-0.15, -0.1) is 0 Å². The first kappa shape index (κ1) is 31.8. The van der Waals surface area contributed by atoms with Crippen LogP contribution in [0.25, 0.3) is 0 Å². The summed E-state index contributed by atoms with van der Waals surface area (Å²) in [5.74, 6) is -2.54. The quantitative estimate of drug-likeness (QED) is 0.129. The van der Waals surface area contributed by atoms with Gasteiger partial charge in [0.2, 0.25) is 11.8 Å². The van der Waals surface area contributed by atoms with Crippen LogP contribution in [0.3, 0.4) is 0 Å². The fourth-order valence-electron chi connectivity index (χ4n) is 5.07. The Bertz CT molecular complexity index is 1080. The summed E-state index contributed by atoms with van der Waals surface area (Å²) in [6.07, 6.45) is 1.50. The van der Waals surface area contributed by atoms with Gasteiger partial charge in [-0.2, -0.15) is 0 Å². The number of nitrogens with two attached hydrogens (primary N) is 1. The van der Waals surface area contributed by atoms with Crippen LogP contribution in [0.1, 0.15) is 49.9 Å². The molecule has 0 bridgehead atoms. The molecule has 2 saturated heterocycles. The van der Waals surface area contributed by atoms with Gasteiger partial charge in [-0.25, -0.2) is 4.39 Å². The van der Waals surface area contributed by atoms with Crippen molar-refractivity contribution >= 4 is 35.2 Å². The Hall–Kier alpha value is -3.74. The van der Waals surface area contributed by atoms with Crippen LogP contribution in [0.15, 0.2) is 24.3 Å². The minimum atomic E-state index is -1.23. The monoisotopic (exact) mass is 575 g/mol. The summed E-state index contributed by atoms with van der Waals surface area (Å²) in [6.45, 7) is 5.90. The normalized spacial score (nSPS) is 18.5. The van der Waals surface area contributed by atoms with Gasteiger partial charge in [0.15, 0.2) is 11.7 Å². The van der Waals surface area contributed by atoms with Crippen LogP contribution in [0.5, 0.6) is 0 Å². The molecule has 226 valence electrons. The first-order valence-corrected chi connectivity index (χ1v) is 14.1. The molecule has 3 atom stereocenters. The summed E-state index contributed by atoms with van der Waals surface area (Å²) in [7, 11) is 0. The molecule has 0 unspecified atom stereocenters. The molecule has 41 heavy (non-hydrogen) atoms. The van der Waals surface area contributed by atoms with E-state index in [-0.39, 0.29) is 24.2 Å². The molecule has 3 amide bonds. The highest BCUT2D eigenvalue weighted by molar-refractivity contribution is 5.99. The van der Waals surface area contributed by atoms with Gasteiger partial charge < -0.3 is 36.2 Å². The van der Waals surface area contributed by atoms with E-state index in [1.165, 1.54) is 4.90 Å². The summed E-state index contributed by atoms with van der Waals surface area (Å²) in [5.41, 5.74) is 6.66. The van der Waals surface area contributed by atoms with Crippen LogP contribution in [-0.2, 0) is 19.1 Å². The van der Waals surface area contributed by atoms with Crippen molar-refractivity contribution in [2.45, 2.75) is 57.7 Å². The molecule has 0 spiro atoms. The van der Waals surface area contributed by atoms with E-state index in [2.05, 4.69) is 20.9 Å². The second-order valence-electron chi connectivity index (χ2n) is 10.7. The summed E-state index contributed by atoms with van der Waals surface area (Å²) in [4.78, 5) is 55.7. The average Bonchev–Trinajstić information content (AvgIpc) is 3.47. The molecule has 6 N–H and O–H groups in total. The number of Topliss-reactive ketones (excluding diaryl/α,β-unsaturated/α-hetero) is 1. The van der Waals surface area contributed by atoms with Crippen molar-refractivity contribution < 1.29 is 28.3 Å². The van der Waals surface area contributed by atoms with E-state index in [4.69, 9.17) is 15.9 Å². The Labute approximate surface area is 240 Å². The molecule has 0 aliphatic carbocycles. The third-order valence-electron chi connectivity index (χ3n) is 7.39. The zero-order valence-corrected chi connectivity index (χ0v) is 23.8. The lowest BCUT2D eigenvalue weighted by molar-refractivity contribution is -0.141. The molecule has 0 aromatic heterocycles. The first-order valence-electron chi connectivity index (χ1n) is 14.1. The van der Waals surface area contributed by atoms with Crippen molar-refractivity contribution in [2.24, 2.45) is 11.7 Å². The van der Waals surface area contributed by atoms with Crippen LogP contribution in [-0.4, -0.2) is 98.6 Å². The summed E-state index contributed by atoms with van der Waals surface area (Å²) >= 11 is 0. The number of likely N-dealkylation sites (tertiary alicyclic amines) is 1. The Morgan fingerprint density at radius 3 is 2.39 bits per heavy atom. The maximum atomic E-state index is 13.6. The summed E-state index contributed by atoms with van der Waals surface area (Å²) in [6, 6.07) is 4.44. The minimum Gasteiger partial charge on any atom is -0.378 e. The SMILES string of the molecule is CC(C)[C@H](NC(=O)c1ccc(N2CCOCC2)cc1)C(=O)N1CCC[C@H]1C(=O)N[C@@H](CCCNC(=N)N)C(=O)CF. The third-order valence-corrected chi connectivity index (χ3v) is 7.39. The van der Waals surface area contributed by atoms with E-state index >= 15 is 0 Å². The highest BCUT2D eigenvalue weighted by Crippen LogP contribution is 2.22. The van der Waals surface area contributed by atoms with Crippen molar-refractivity contribution in [1.29, 1.82) is 5.41 Å². The van der Waals surface area contributed by atoms with Crippen molar-refractivity contribution in [2.75, 3.05) is 51.0 Å². The van der Waals surface area contributed by atoms with Gasteiger partial charge in [-0.05, 0) is 55.9 Å². The largest absolute Gasteiger partial charge is 0.378 e. The molecular weight excluding hydrogens is 533 g/mol. The number of alkyl halides is 1. The van der Waals surface area contributed by atoms with Crippen molar-refractivity contribution in [3.05, 3.63) is 29.8 Å². The number of ketones is 1. The number of nitrogens with zero attached hydrogens (tertiary/aromatic N) is 2. The van der Waals surface area contributed by atoms with Crippen LogP contribution >= 0.6 is 0 Å². The predicted molar refractivity (Wildman–Crippen MR) is 152 cm³/mol. The van der Waals surface area contributed by atoms with E-state index in [1.54, 1.807) is 12.1 Å². The topological polar surface area (TPSA) is 170 Å². The molecule has 0 radical (unpaired) electrons. The highest BCUT2D eigenvalue weighted by atomic mass is 19.1. The summed E-state index contributed by atoms with van der Waals surface area (Å²) < 4.78 is 18.6. The van der Waals surface area contributed by atoms with E-state index in [0.717, 1.165) is 18.8 Å². The number of halogens is 1. The van der Waals surface area contributed by atoms with Crippen LogP contribution in [0.2, 0.25) is 0 Å². The maximum absolute atomic E-state index is 13.6. The highest BCUT2D eigenvalue weighted by Gasteiger charge is 2.39. The van der Waals surface area contributed by atoms with E-state index in [0.29, 0.717) is 51.1 Å². The molecule has 3 rings (SSSR count). The number of hydrogen-bond acceptors (Lipinski definition) is 7. The number of carbonyl (C=O) groups excluding carboxylic acids is 4. The fourth-order valence-corrected chi connectivity index (χ4v) is 5.07. The van der Waals surface area contributed by atoms with Crippen LogP contribution in [0, 0.1) is 11.3 Å². The maximum Gasteiger partial charge on any atom is 0.251 e. The van der Waals surface area contributed by atoms with Crippen LogP contribution < -0.4 is 26.6 Å². The smallest absolute Gasteiger partial charge is 0.251 e. The molecule has 13 heteroatoms. The number of anilines is 1. The lowest BCUT2D eigenvalue weighted by atomic mass is 10.0. The molecule has 2 fully saturated rings. The van der Waals surface area contributed by atoms with Gasteiger partial charge in [-0.1, -0.05) is 13.8 Å². The standard InChI is InChI=1S/C28H42FN7O5/c1-18(2)24(34-25(38)19-7-9-20(10-8-19)35-13-15-41-16-14-35)27(40)36-12-4-6-22(36)26(39)33-21(23(37)17-29)5-3-11-32-28(30)31/h7-10,18,21-22,24H,3-6,11-17H2,1-2H3,(H,33,39)(H,34,38)(H4,30,31,32)/t21-,22-,24-/m0/s1. The van der Waals surface area contributed by atoms with Crippen molar-refractivity contribution in [3.63, 3.8) is 0 Å². The van der Waals surface area contributed by atoms with E-state index < -0.39 is 42.4 Å². The third kappa shape index (κ3) is 8.87. The molecule has 0 saturated carbocycles. The summed E-state index contributed by atoms with van der Waals surface area (Å²) in [5, 5.41) is 15.3. The number of morpholine rings is 1. The number of carbonyl (C=O) groups is 4. The second kappa shape index (κ2) is 15.3. The van der Waals surface area contributed by atoms with Gasteiger partial charge in [-0.3, -0.25) is 24.6 Å². The molecule has 1 aromatic rings. The fraction of sp³-hybridized carbons (Fsp3) is 0.607. The molecule has 12 nitrogen and oxygen atoms in total. The Morgan fingerprint density at radius 1 is 1.10 bits per heavy atom. The van der Waals surface area contributed by atoms with E-state index in [1.807, 2.05) is 26.0 Å². The van der Waals surface area contributed by atoms with Crippen molar-refractivity contribution in [3.8, 4) is 0 Å². The Kier molecular flexibility index (Phi) is 11.9. The van der Waals surface area contributed by atoms with Crippen LogP contribution in [0.4, 0.5) is 10.1 Å². The van der Waals surface area contributed by atoms with Gasteiger partial charge in [0.1, 0.15) is 18.8 Å². The van der Waals surface area contributed by atoms with Gasteiger partial charge >= 0.3 is 0 Å².